The topological polar surface area (TPSA) is 111 Å². The fraction of sp³-hybridized carbons (Fsp3) is 1.00. The standard InChI is InChI=1S/C45H92O12/c1-3-5-7-9-11-13-14-15-17-19-21-23-47-25-27-49-29-31-51-33-35-53-37-39-55-41-43-57-45-44-56-42-40-54-38-36-52-34-32-50-30-28-48-26-24-46-22-20-18-16-12-10-8-6-4-2/h3-45H2,1-2H3. The molecule has 0 bridgehead atoms. The van der Waals surface area contributed by atoms with Crippen molar-refractivity contribution in [3.63, 3.8) is 0 Å². The minimum atomic E-state index is 0.522. The molecule has 0 aliphatic carbocycles. The van der Waals surface area contributed by atoms with Gasteiger partial charge in [-0.3, -0.25) is 0 Å². The fourth-order valence-corrected chi connectivity index (χ4v) is 5.73. The van der Waals surface area contributed by atoms with Crippen molar-refractivity contribution in [2.45, 2.75) is 136 Å². The summed E-state index contributed by atoms with van der Waals surface area (Å²) in [7, 11) is 0. The van der Waals surface area contributed by atoms with Gasteiger partial charge in [-0.1, -0.05) is 123 Å². The van der Waals surface area contributed by atoms with Crippen molar-refractivity contribution in [2.24, 2.45) is 0 Å². The Balaban J connectivity index is 3.05. The molecule has 0 atom stereocenters. The van der Waals surface area contributed by atoms with Gasteiger partial charge in [0.25, 0.3) is 0 Å². The molecule has 344 valence electrons. The number of ether oxygens (including phenoxy) is 12. The third-order valence-electron chi connectivity index (χ3n) is 9.13. The molecule has 0 spiro atoms. The zero-order valence-corrected chi connectivity index (χ0v) is 37.3. The van der Waals surface area contributed by atoms with Crippen molar-refractivity contribution >= 4 is 0 Å². The highest BCUT2D eigenvalue weighted by molar-refractivity contribution is 4.49. The van der Waals surface area contributed by atoms with E-state index in [0.29, 0.717) is 145 Å². The van der Waals surface area contributed by atoms with Crippen LogP contribution >= 0.6 is 0 Å². The van der Waals surface area contributed by atoms with Crippen molar-refractivity contribution in [1.29, 1.82) is 0 Å². The lowest BCUT2D eigenvalue weighted by atomic mass is 10.1. The Labute approximate surface area is 350 Å². The normalized spacial score (nSPS) is 11.7. The summed E-state index contributed by atoms with van der Waals surface area (Å²) < 4.78 is 66.6. The molecule has 12 heteroatoms. The summed E-state index contributed by atoms with van der Waals surface area (Å²) >= 11 is 0. The molecule has 0 fully saturated rings. The van der Waals surface area contributed by atoms with E-state index in [1.54, 1.807) is 0 Å². The molecule has 0 saturated carbocycles. The van der Waals surface area contributed by atoms with E-state index in [-0.39, 0.29) is 0 Å². The molecule has 0 saturated heterocycles. The van der Waals surface area contributed by atoms with E-state index in [0.717, 1.165) is 26.1 Å². The molecule has 0 amide bonds. The highest BCUT2D eigenvalue weighted by Gasteiger charge is 1.98. The zero-order valence-electron chi connectivity index (χ0n) is 37.3. The summed E-state index contributed by atoms with van der Waals surface area (Å²) in [5.41, 5.74) is 0. The first-order valence-electron chi connectivity index (χ1n) is 23.3. The van der Waals surface area contributed by atoms with Crippen molar-refractivity contribution in [2.75, 3.05) is 159 Å². The minimum Gasteiger partial charge on any atom is -0.379 e. The summed E-state index contributed by atoms with van der Waals surface area (Å²) in [5, 5.41) is 0. The Kier molecular flexibility index (Phi) is 55.1. The second kappa shape index (κ2) is 55.5. The van der Waals surface area contributed by atoms with Crippen molar-refractivity contribution in [3.05, 3.63) is 0 Å². The highest BCUT2D eigenvalue weighted by atomic mass is 16.6. The smallest absolute Gasteiger partial charge is 0.0701 e. The number of unbranched alkanes of at least 4 members (excludes halogenated alkanes) is 17. The van der Waals surface area contributed by atoms with E-state index < -0.39 is 0 Å². The van der Waals surface area contributed by atoms with Crippen molar-refractivity contribution < 1.29 is 56.8 Å². The minimum absolute atomic E-state index is 0.522. The summed E-state index contributed by atoms with van der Waals surface area (Å²) in [6, 6.07) is 0. The Hall–Kier alpha value is -0.480. The van der Waals surface area contributed by atoms with Crippen LogP contribution in [0.2, 0.25) is 0 Å². The van der Waals surface area contributed by atoms with Crippen LogP contribution in [0.5, 0.6) is 0 Å². The second-order valence-corrected chi connectivity index (χ2v) is 14.4. The molecule has 0 heterocycles. The van der Waals surface area contributed by atoms with Crippen LogP contribution in [0.1, 0.15) is 136 Å². The van der Waals surface area contributed by atoms with E-state index in [1.807, 2.05) is 0 Å². The number of rotatable bonds is 54. The van der Waals surface area contributed by atoms with Gasteiger partial charge >= 0.3 is 0 Å². The van der Waals surface area contributed by atoms with Crippen LogP contribution in [0, 0.1) is 0 Å². The Morgan fingerprint density at radius 3 is 0.421 bits per heavy atom. The summed E-state index contributed by atoms with van der Waals surface area (Å²) in [6.45, 7) is 18.4. The summed E-state index contributed by atoms with van der Waals surface area (Å²) in [6.07, 6.45) is 25.4. The van der Waals surface area contributed by atoms with Gasteiger partial charge in [0.15, 0.2) is 0 Å². The van der Waals surface area contributed by atoms with Crippen LogP contribution < -0.4 is 0 Å². The summed E-state index contributed by atoms with van der Waals surface area (Å²) in [4.78, 5) is 0. The van der Waals surface area contributed by atoms with Gasteiger partial charge < -0.3 is 56.8 Å². The van der Waals surface area contributed by atoms with E-state index >= 15 is 0 Å². The fourth-order valence-electron chi connectivity index (χ4n) is 5.73. The molecule has 0 radical (unpaired) electrons. The van der Waals surface area contributed by atoms with E-state index in [1.165, 1.54) is 109 Å². The first-order chi connectivity index (χ1) is 28.4. The van der Waals surface area contributed by atoms with Crippen LogP contribution in [0.25, 0.3) is 0 Å². The molecule has 12 nitrogen and oxygen atoms in total. The van der Waals surface area contributed by atoms with Crippen molar-refractivity contribution in [1.82, 2.24) is 0 Å². The van der Waals surface area contributed by atoms with E-state index in [9.17, 15) is 0 Å². The molecular formula is C45H92O12. The number of hydrogen-bond donors (Lipinski definition) is 0. The van der Waals surface area contributed by atoms with Gasteiger partial charge in [0, 0.05) is 13.2 Å². The average molecular weight is 825 g/mol. The Morgan fingerprint density at radius 1 is 0.140 bits per heavy atom. The van der Waals surface area contributed by atoms with Crippen LogP contribution in [-0.2, 0) is 56.8 Å². The largest absolute Gasteiger partial charge is 0.379 e. The Morgan fingerprint density at radius 2 is 0.263 bits per heavy atom. The highest BCUT2D eigenvalue weighted by Crippen LogP contribution is 2.11. The molecule has 0 rings (SSSR count). The van der Waals surface area contributed by atoms with E-state index in [2.05, 4.69) is 13.8 Å². The molecule has 0 unspecified atom stereocenters. The zero-order chi connectivity index (χ0) is 40.9. The SMILES string of the molecule is CCCCCCCCCCCCCOCCOCCOCCOCCOCCOCCOCCOCCOCCOCCOCCOCCCCCCCCCC. The van der Waals surface area contributed by atoms with Crippen LogP contribution in [-0.4, -0.2) is 159 Å². The van der Waals surface area contributed by atoms with Gasteiger partial charge in [-0.05, 0) is 12.8 Å². The maximum atomic E-state index is 5.67. The van der Waals surface area contributed by atoms with Crippen LogP contribution in [0.4, 0.5) is 0 Å². The molecule has 57 heavy (non-hydrogen) atoms. The second-order valence-electron chi connectivity index (χ2n) is 14.4. The van der Waals surface area contributed by atoms with Gasteiger partial charge in [0.1, 0.15) is 0 Å². The van der Waals surface area contributed by atoms with Gasteiger partial charge in [-0.2, -0.15) is 0 Å². The van der Waals surface area contributed by atoms with Gasteiger partial charge in [0.2, 0.25) is 0 Å². The monoisotopic (exact) mass is 825 g/mol. The molecular weight excluding hydrogens is 732 g/mol. The lowest BCUT2D eigenvalue weighted by Gasteiger charge is -2.09. The maximum Gasteiger partial charge on any atom is 0.0701 e. The lowest BCUT2D eigenvalue weighted by Crippen LogP contribution is -2.15. The first-order valence-corrected chi connectivity index (χ1v) is 23.3. The number of hydrogen-bond acceptors (Lipinski definition) is 12. The van der Waals surface area contributed by atoms with Gasteiger partial charge in [-0.25, -0.2) is 0 Å². The van der Waals surface area contributed by atoms with Gasteiger partial charge in [-0.15, -0.1) is 0 Å². The molecule has 0 N–H and O–H groups in total. The average Bonchev–Trinajstić information content (AvgIpc) is 3.22. The third-order valence-corrected chi connectivity index (χ3v) is 9.13. The molecule has 0 aromatic rings. The van der Waals surface area contributed by atoms with Gasteiger partial charge in [0.05, 0.1) is 145 Å². The molecule has 0 aromatic carbocycles. The van der Waals surface area contributed by atoms with E-state index in [4.69, 9.17) is 56.8 Å². The molecule has 0 aliphatic rings. The molecule has 0 aromatic heterocycles. The van der Waals surface area contributed by atoms with Crippen LogP contribution in [0.3, 0.4) is 0 Å². The lowest BCUT2D eigenvalue weighted by molar-refractivity contribution is -0.0284. The molecule has 0 aliphatic heterocycles. The van der Waals surface area contributed by atoms with Crippen molar-refractivity contribution in [3.8, 4) is 0 Å². The predicted octanol–water partition coefficient (Wildman–Crippen LogP) is 8.64. The summed E-state index contributed by atoms with van der Waals surface area (Å²) in [5.74, 6) is 0. The predicted molar refractivity (Wildman–Crippen MR) is 229 cm³/mol. The first kappa shape index (κ1) is 56.5. The Bertz CT molecular complexity index is 624. The maximum absolute atomic E-state index is 5.67. The third kappa shape index (κ3) is 55.5. The quantitative estimate of drug-likeness (QED) is 0.0548. The van der Waals surface area contributed by atoms with Crippen LogP contribution in [0.15, 0.2) is 0 Å².